The second-order valence-corrected chi connectivity index (χ2v) is 4.59. The highest BCUT2D eigenvalue weighted by atomic mass is 16.3. The third-order valence-electron chi connectivity index (χ3n) is 3.20. The fourth-order valence-electron chi connectivity index (χ4n) is 1.99. The number of aliphatic hydroxyl groups excluding tert-OH is 1. The van der Waals surface area contributed by atoms with Crippen LogP contribution in [0, 0.1) is 0 Å². The fraction of sp³-hybridized carbons (Fsp3) is 0.333. The Balaban J connectivity index is 2.04. The Hall–Kier alpha value is -2.14. The maximum absolute atomic E-state index is 12.1. The van der Waals surface area contributed by atoms with E-state index in [0.29, 0.717) is 12.0 Å². The first kappa shape index (κ1) is 14.3. The van der Waals surface area contributed by atoms with Crippen molar-refractivity contribution < 1.29 is 9.90 Å². The number of amides is 1. The predicted molar refractivity (Wildman–Crippen MR) is 76.8 cm³/mol. The molecule has 106 valence electrons. The Morgan fingerprint density at radius 2 is 2.15 bits per heavy atom. The molecule has 20 heavy (non-hydrogen) atoms. The van der Waals surface area contributed by atoms with Crippen LogP contribution in [0.15, 0.2) is 42.7 Å². The number of nitrogens with zero attached hydrogens (tertiary/aromatic N) is 2. The number of aliphatic hydroxyl groups is 1. The summed E-state index contributed by atoms with van der Waals surface area (Å²) < 4.78 is 1.74. The maximum Gasteiger partial charge on any atom is 0.251 e. The summed E-state index contributed by atoms with van der Waals surface area (Å²) in [5.41, 5.74) is 1.52. The number of hydrogen-bond donors (Lipinski definition) is 2. The van der Waals surface area contributed by atoms with Crippen LogP contribution in [0.3, 0.4) is 0 Å². The molecule has 0 aliphatic heterocycles. The molecule has 1 aromatic heterocycles. The number of rotatable bonds is 6. The highest BCUT2D eigenvalue weighted by Crippen LogP contribution is 2.09. The molecule has 0 spiro atoms. The van der Waals surface area contributed by atoms with Gasteiger partial charge in [-0.2, -0.15) is 5.10 Å². The quantitative estimate of drug-likeness (QED) is 0.842. The molecule has 0 radical (unpaired) electrons. The SMILES string of the molecule is CCC(CCO)NC(=O)c1ccc(-n2cccn2)cc1. The molecular formula is C15H19N3O2. The highest BCUT2D eigenvalue weighted by molar-refractivity contribution is 5.94. The molecule has 1 aromatic carbocycles. The second kappa shape index (κ2) is 6.86. The van der Waals surface area contributed by atoms with Crippen LogP contribution in [0.25, 0.3) is 5.69 Å². The lowest BCUT2D eigenvalue weighted by molar-refractivity contribution is 0.0929. The van der Waals surface area contributed by atoms with Crippen LogP contribution in [-0.2, 0) is 0 Å². The van der Waals surface area contributed by atoms with E-state index in [1.807, 2.05) is 31.3 Å². The van der Waals surface area contributed by atoms with Gasteiger partial charge in [0.15, 0.2) is 0 Å². The molecule has 5 nitrogen and oxygen atoms in total. The van der Waals surface area contributed by atoms with Gasteiger partial charge in [-0.3, -0.25) is 4.79 Å². The zero-order valence-corrected chi connectivity index (χ0v) is 11.5. The molecule has 0 aliphatic carbocycles. The molecule has 0 bridgehead atoms. The summed E-state index contributed by atoms with van der Waals surface area (Å²) in [5, 5.41) is 16.0. The fourth-order valence-corrected chi connectivity index (χ4v) is 1.99. The van der Waals surface area contributed by atoms with Crippen molar-refractivity contribution in [3.05, 3.63) is 48.3 Å². The third kappa shape index (κ3) is 3.45. The van der Waals surface area contributed by atoms with Crippen molar-refractivity contribution in [2.24, 2.45) is 0 Å². The van der Waals surface area contributed by atoms with Gasteiger partial charge in [-0.25, -0.2) is 4.68 Å². The zero-order valence-electron chi connectivity index (χ0n) is 11.5. The molecule has 1 amide bonds. The first-order valence-corrected chi connectivity index (χ1v) is 6.76. The summed E-state index contributed by atoms with van der Waals surface area (Å²) >= 11 is 0. The van der Waals surface area contributed by atoms with E-state index in [4.69, 9.17) is 5.11 Å². The van der Waals surface area contributed by atoms with Crippen LogP contribution in [0.4, 0.5) is 0 Å². The molecule has 0 saturated carbocycles. The Bertz CT molecular complexity index is 535. The Kier molecular flexibility index (Phi) is 4.90. The second-order valence-electron chi connectivity index (χ2n) is 4.59. The summed E-state index contributed by atoms with van der Waals surface area (Å²) in [6, 6.07) is 9.12. The first-order chi connectivity index (χ1) is 9.74. The topological polar surface area (TPSA) is 67.2 Å². The summed E-state index contributed by atoms with van der Waals surface area (Å²) in [5.74, 6) is -0.114. The van der Waals surface area contributed by atoms with Crippen LogP contribution in [-0.4, -0.2) is 33.4 Å². The predicted octanol–water partition coefficient (Wildman–Crippen LogP) is 1.76. The molecule has 0 saturated heterocycles. The molecular weight excluding hydrogens is 254 g/mol. The average Bonchev–Trinajstić information content (AvgIpc) is 3.01. The van der Waals surface area contributed by atoms with E-state index in [1.165, 1.54) is 0 Å². The number of nitrogens with one attached hydrogen (secondary N) is 1. The van der Waals surface area contributed by atoms with Crippen molar-refractivity contribution in [3.63, 3.8) is 0 Å². The third-order valence-corrected chi connectivity index (χ3v) is 3.20. The van der Waals surface area contributed by atoms with E-state index in [2.05, 4.69) is 10.4 Å². The van der Waals surface area contributed by atoms with Crippen molar-refractivity contribution in [2.75, 3.05) is 6.61 Å². The van der Waals surface area contributed by atoms with Gasteiger partial charge >= 0.3 is 0 Å². The monoisotopic (exact) mass is 273 g/mol. The maximum atomic E-state index is 12.1. The summed E-state index contributed by atoms with van der Waals surface area (Å²) in [4.78, 5) is 12.1. The van der Waals surface area contributed by atoms with Crippen molar-refractivity contribution >= 4 is 5.91 Å². The van der Waals surface area contributed by atoms with Crippen LogP contribution >= 0.6 is 0 Å². The van der Waals surface area contributed by atoms with E-state index in [0.717, 1.165) is 12.1 Å². The Labute approximate surface area is 118 Å². The van der Waals surface area contributed by atoms with E-state index in [9.17, 15) is 4.79 Å². The molecule has 2 N–H and O–H groups in total. The lowest BCUT2D eigenvalue weighted by Crippen LogP contribution is -2.35. The molecule has 0 fully saturated rings. The Morgan fingerprint density at radius 1 is 1.40 bits per heavy atom. The van der Waals surface area contributed by atoms with Crippen molar-refractivity contribution in [1.82, 2.24) is 15.1 Å². The number of benzene rings is 1. The van der Waals surface area contributed by atoms with Gasteiger partial charge in [-0.1, -0.05) is 6.92 Å². The normalized spacial score (nSPS) is 12.1. The molecule has 1 atom stereocenters. The number of carbonyl (C=O) groups is 1. The minimum absolute atomic E-state index is 0.0123. The lowest BCUT2D eigenvalue weighted by Gasteiger charge is -2.15. The van der Waals surface area contributed by atoms with Gasteiger partial charge in [-0.15, -0.1) is 0 Å². The van der Waals surface area contributed by atoms with Crippen LogP contribution in [0.1, 0.15) is 30.1 Å². The summed E-state index contributed by atoms with van der Waals surface area (Å²) in [6.07, 6.45) is 4.94. The molecule has 0 aliphatic rings. The molecule has 2 aromatic rings. The van der Waals surface area contributed by atoms with Gasteiger partial charge in [0.05, 0.1) is 5.69 Å². The average molecular weight is 273 g/mol. The minimum atomic E-state index is -0.114. The lowest BCUT2D eigenvalue weighted by atomic mass is 10.1. The first-order valence-electron chi connectivity index (χ1n) is 6.76. The number of hydrogen-bond acceptors (Lipinski definition) is 3. The van der Waals surface area contributed by atoms with Crippen molar-refractivity contribution in [2.45, 2.75) is 25.8 Å². The van der Waals surface area contributed by atoms with Gasteiger partial charge in [0, 0.05) is 30.6 Å². The van der Waals surface area contributed by atoms with E-state index < -0.39 is 0 Å². The molecule has 1 heterocycles. The summed E-state index contributed by atoms with van der Waals surface area (Å²) in [7, 11) is 0. The highest BCUT2D eigenvalue weighted by Gasteiger charge is 2.11. The number of carbonyl (C=O) groups excluding carboxylic acids is 1. The van der Waals surface area contributed by atoms with Crippen LogP contribution in [0.2, 0.25) is 0 Å². The minimum Gasteiger partial charge on any atom is -0.396 e. The van der Waals surface area contributed by atoms with E-state index >= 15 is 0 Å². The van der Waals surface area contributed by atoms with Gasteiger partial charge in [0.1, 0.15) is 0 Å². The van der Waals surface area contributed by atoms with E-state index in [1.54, 1.807) is 23.0 Å². The Morgan fingerprint density at radius 3 is 2.70 bits per heavy atom. The molecule has 5 heteroatoms. The number of aromatic nitrogens is 2. The van der Waals surface area contributed by atoms with Gasteiger partial charge in [0.25, 0.3) is 5.91 Å². The largest absolute Gasteiger partial charge is 0.396 e. The van der Waals surface area contributed by atoms with Crippen LogP contribution < -0.4 is 5.32 Å². The molecule has 1 unspecified atom stereocenters. The standard InChI is InChI=1S/C15H19N3O2/c1-2-13(8-11-19)17-15(20)12-4-6-14(7-5-12)18-10-3-9-16-18/h3-7,9-10,13,19H,2,8,11H2,1H3,(H,17,20). The summed E-state index contributed by atoms with van der Waals surface area (Å²) in [6.45, 7) is 2.07. The smallest absolute Gasteiger partial charge is 0.251 e. The zero-order chi connectivity index (χ0) is 14.4. The van der Waals surface area contributed by atoms with E-state index in [-0.39, 0.29) is 18.6 Å². The van der Waals surface area contributed by atoms with Crippen LogP contribution in [0.5, 0.6) is 0 Å². The van der Waals surface area contributed by atoms with Crippen molar-refractivity contribution in [1.29, 1.82) is 0 Å². The van der Waals surface area contributed by atoms with Gasteiger partial charge in [-0.05, 0) is 43.2 Å². The van der Waals surface area contributed by atoms with Gasteiger partial charge < -0.3 is 10.4 Å². The van der Waals surface area contributed by atoms with Crippen molar-refractivity contribution in [3.8, 4) is 5.69 Å². The van der Waals surface area contributed by atoms with Gasteiger partial charge in [0.2, 0.25) is 0 Å². The molecule has 2 rings (SSSR count).